The Morgan fingerprint density at radius 3 is 2.52 bits per heavy atom. The lowest BCUT2D eigenvalue weighted by Gasteiger charge is -2.35. The summed E-state index contributed by atoms with van der Waals surface area (Å²) >= 11 is 6.11. The second-order valence-electron chi connectivity index (χ2n) is 8.66. The van der Waals surface area contributed by atoms with Crippen LogP contribution >= 0.6 is 11.6 Å². The van der Waals surface area contributed by atoms with Gasteiger partial charge in [0, 0.05) is 36.6 Å². The minimum atomic E-state index is -0.0678. The summed E-state index contributed by atoms with van der Waals surface area (Å²) in [5.74, 6) is 2.22. The topological polar surface area (TPSA) is 74.9 Å². The summed E-state index contributed by atoms with van der Waals surface area (Å²) in [5.41, 5.74) is 1.15. The van der Waals surface area contributed by atoms with Gasteiger partial charge in [0.1, 0.15) is 12.3 Å². The molecule has 2 heterocycles. The van der Waals surface area contributed by atoms with Crippen LogP contribution in [-0.4, -0.2) is 55.2 Å². The molecule has 1 fully saturated rings. The number of halogens is 1. The zero-order valence-corrected chi connectivity index (χ0v) is 19.7. The second-order valence-corrected chi connectivity index (χ2v) is 9.10. The van der Waals surface area contributed by atoms with E-state index >= 15 is 0 Å². The van der Waals surface area contributed by atoms with Gasteiger partial charge in [0.15, 0.2) is 5.96 Å². The monoisotopic (exact) mass is 447 g/mol. The van der Waals surface area contributed by atoms with E-state index in [2.05, 4.69) is 65.3 Å². The number of guanidine groups is 1. The number of hydrogen-bond acceptors (Lipinski definition) is 5. The Kier molecular flexibility index (Phi) is 8.35. The highest BCUT2D eigenvalue weighted by Crippen LogP contribution is 2.24. The van der Waals surface area contributed by atoms with Crippen LogP contribution in [0, 0.1) is 0 Å². The van der Waals surface area contributed by atoms with Crippen molar-refractivity contribution in [3.05, 3.63) is 52.7 Å². The molecule has 1 aromatic carbocycles. The Morgan fingerprint density at radius 2 is 1.90 bits per heavy atom. The fourth-order valence-electron chi connectivity index (χ4n) is 3.44. The molecule has 0 saturated carbocycles. The molecule has 1 atom stereocenters. The lowest BCUT2D eigenvalue weighted by atomic mass is 9.94. The number of morpholine rings is 1. The summed E-state index contributed by atoms with van der Waals surface area (Å²) in [6, 6.07) is 8.27. The van der Waals surface area contributed by atoms with Crippen LogP contribution in [0.25, 0.3) is 0 Å². The Hall–Kier alpha value is -2.09. The van der Waals surface area contributed by atoms with Gasteiger partial charge in [-0.2, -0.15) is 0 Å². The molecule has 7 nitrogen and oxygen atoms in total. The van der Waals surface area contributed by atoms with Gasteiger partial charge in [0.05, 0.1) is 25.5 Å². The van der Waals surface area contributed by atoms with E-state index < -0.39 is 0 Å². The zero-order valence-electron chi connectivity index (χ0n) is 18.9. The van der Waals surface area contributed by atoms with Crippen LogP contribution in [0.3, 0.4) is 0 Å². The van der Waals surface area contributed by atoms with Gasteiger partial charge < -0.3 is 19.8 Å². The highest BCUT2D eigenvalue weighted by Gasteiger charge is 2.23. The molecule has 3 rings (SSSR count). The normalized spacial score (nSPS) is 16.9. The SMILES string of the molecule is CCNC(=NCc1ncc(C(C)(C)C)o1)NCC(c1ccc(Cl)cc1)N1CCOCC1. The summed E-state index contributed by atoms with van der Waals surface area (Å²) in [7, 11) is 0. The van der Waals surface area contributed by atoms with Crippen LogP contribution in [-0.2, 0) is 16.7 Å². The van der Waals surface area contributed by atoms with Crippen molar-refractivity contribution in [1.82, 2.24) is 20.5 Å². The molecule has 0 aliphatic carbocycles. The van der Waals surface area contributed by atoms with Crippen LogP contribution in [0.15, 0.2) is 39.9 Å². The Bertz CT molecular complexity index is 838. The molecule has 0 radical (unpaired) electrons. The maximum Gasteiger partial charge on any atom is 0.216 e. The predicted molar refractivity (Wildman–Crippen MR) is 125 cm³/mol. The van der Waals surface area contributed by atoms with E-state index in [1.54, 1.807) is 6.20 Å². The van der Waals surface area contributed by atoms with Crippen LogP contribution < -0.4 is 10.6 Å². The van der Waals surface area contributed by atoms with Crippen molar-refractivity contribution in [3.8, 4) is 0 Å². The van der Waals surface area contributed by atoms with E-state index in [0.717, 1.165) is 49.6 Å². The van der Waals surface area contributed by atoms with E-state index in [1.807, 2.05) is 12.1 Å². The van der Waals surface area contributed by atoms with E-state index in [9.17, 15) is 0 Å². The smallest absolute Gasteiger partial charge is 0.216 e. The van der Waals surface area contributed by atoms with Gasteiger partial charge in [-0.05, 0) is 24.6 Å². The molecule has 2 N–H and O–H groups in total. The lowest BCUT2D eigenvalue weighted by molar-refractivity contribution is 0.0170. The fraction of sp³-hybridized carbons (Fsp3) is 0.565. The van der Waals surface area contributed by atoms with Gasteiger partial charge in [-0.1, -0.05) is 44.5 Å². The van der Waals surface area contributed by atoms with Crippen molar-refractivity contribution < 1.29 is 9.15 Å². The third kappa shape index (κ3) is 6.95. The number of nitrogens with one attached hydrogen (secondary N) is 2. The van der Waals surface area contributed by atoms with E-state index in [4.69, 9.17) is 20.8 Å². The molecule has 0 spiro atoms. The van der Waals surface area contributed by atoms with Crippen molar-refractivity contribution >= 4 is 17.6 Å². The Balaban J connectivity index is 1.69. The number of aliphatic imine (C=N–C) groups is 1. The number of rotatable bonds is 7. The van der Waals surface area contributed by atoms with Crippen molar-refractivity contribution in [2.75, 3.05) is 39.4 Å². The number of ether oxygens (including phenoxy) is 1. The molecule has 0 bridgehead atoms. The van der Waals surface area contributed by atoms with Crippen LogP contribution in [0.4, 0.5) is 0 Å². The van der Waals surface area contributed by atoms with Gasteiger partial charge in [-0.15, -0.1) is 0 Å². The summed E-state index contributed by atoms with van der Waals surface area (Å²) in [6.45, 7) is 13.5. The minimum absolute atomic E-state index is 0.0678. The molecule has 31 heavy (non-hydrogen) atoms. The molecule has 1 aromatic heterocycles. The third-order valence-electron chi connectivity index (χ3n) is 5.21. The number of hydrogen-bond donors (Lipinski definition) is 2. The Morgan fingerprint density at radius 1 is 1.19 bits per heavy atom. The highest BCUT2D eigenvalue weighted by atomic mass is 35.5. The number of oxazole rings is 1. The van der Waals surface area contributed by atoms with Crippen LogP contribution in [0.5, 0.6) is 0 Å². The third-order valence-corrected chi connectivity index (χ3v) is 5.47. The molecule has 2 aromatic rings. The second kappa shape index (κ2) is 11.0. The fourth-order valence-corrected chi connectivity index (χ4v) is 3.57. The van der Waals surface area contributed by atoms with Gasteiger partial charge in [-0.25, -0.2) is 9.98 Å². The van der Waals surface area contributed by atoms with E-state index in [0.29, 0.717) is 19.0 Å². The summed E-state index contributed by atoms with van der Waals surface area (Å²) in [4.78, 5) is 11.5. The van der Waals surface area contributed by atoms with Crippen molar-refractivity contribution in [3.63, 3.8) is 0 Å². The molecule has 1 aliphatic heterocycles. The standard InChI is InChI=1S/C23H34ClN5O2/c1-5-25-22(28-16-21-26-15-20(31-21)23(2,3)4)27-14-19(29-10-12-30-13-11-29)17-6-8-18(24)9-7-17/h6-9,15,19H,5,10-14,16H2,1-4H3,(H2,25,27,28). The quantitative estimate of drug-likeness (QED) is 0.497. The summed E-state index contributed by atoms with van der Waals surface area (Å²) in [6.07, 6.45) is 1.79. The first-order chi connectivity index (χ1) is 14.9. The highest BCUT2D eigenvalue weighted by molar-refractivity contribution is 6.30. The largest absolute Gasteiger partial charge is 0.443 e. The molecule has 1 saturated heterocycles. The summed E-state index contributed by atoms with van der Waals surface area (Å²) in [5, 5.41) is 7.55. The average Bonchev–Trinajstić information content (AvgIpc) is 3.24. The van der Waals surface area contributed by atoms with E-state index in [1.165, 1.54) is 5.56 Å². The molecule has 0 amide bonds. The molecule has 8 heteroatoms. The first-order valence-electron chi connectivity index (χ1n) is 10.9. The molecule has 1 aliphatic rings. The summed E-state index contributed by atoms with van der Waals surface area (Å²) < 4.78 is 11.4. The molecule has 1 unspecified atom stereocenters. The van der Waals surface area contributed by atoms with Gasteiger partial charge in [0.25, 0.3) is 0 Å². The minimum Gasteiger partial charge on any atom is -0.443 e. The van der Waals surface area contributed by atoms with Crippen LogP contribution in [0.1, 0.15) is 51.0 Å². The predicted octanol–water partition coefficient (Wildman–Crippen LogP) is 3.75. The van der Waals surface area contributed by atoms with Crippen molar-refractivity contribution in [1.29, 1.82) is 0 Å². The first-order valence-corrected chi connectivity index (χ1v) is 11.3. The molecular weight excluding hydrogens is 414 g/mol. The van der Waals surface area contributed by atoms with Gasteiger partial charge in [0.2, 0.25) is 5.89 Å². The average molecular weight is 448 g/mol. The molecular formula is C23H34ClN5O2. The van der Waals surface area contributed by atoms with Gasteiger partial charge in [-0.3, -0.25) is 4.90 Å². The van der Waals surface area contributed by atoms with Gasteiger partial charge >= 0.3 is 0 Å². The maximum atomic E-state index is 6.11. The number of nitrogens with zero attached hydrogens (tertiary/aromatic N) is 3. The van der Waals surface area contributed by atoms with E-state index in [-0.39, 0.29) is 11.5 Å². The first kappa shape index (κ1) is 23.6. The van der Waals surface area contributed by atoms with Crippen molar-refractivity contribution in [2.45, 2.75) is 45.7 Å². The Labute approximate surface area is 190 Å². The lowest BCUT2D eigenvalue weighted by Crippen LogP contribution is -2.46. The number of benzene rings is 1. The maximum absolute atomic E-state index is 6.11. The van der Waals surface area contributed by atoms with Crippen LogP contribution in [0.2, 0.25) is 5.02 Å². The van der Waals surface area contributed by atoms with Crippen molar-refractivity contribution in [2.24, 2.45) is 4.99 Å². The molecule has 170 valence electrons. The number of aromatic nitrogens is 1. The zero-order chi connectivity index (χ0) is 22.3.